The topological polar surface area (TPSA) is 127 Å². The normalized spacial score (nSPS) is 13.3. The number of anilines is 3. The fourth-order valence-electron chi connectivity index (χ4n) is 4.77. The lowest BCUT2D eigenvalue weighted by Crippen LogP contribution is -2.23. The van der Waals surface area contributed by atoms with Gasteiger partial charge in [-0.15, -0.1) is 0 Å². The standard InChI is InChI=1S/C33H34N8O3S/c1-20-8-11-24(15-21(20)2)41-28(16-27(39-41)33(3,4)5)38-30(43)37-23-17-34-31(35-18-23)44-25-12-9-22(10-13-25)26-19-36-32(45-26)40-14-6-7-29(40)42/h8-13,15-19H,6-7,14H2,1-5H3,(H2,37,38,43). The maximum atomic E-state index is 13.0. The monoisotopic (exact) mass is 622 g/mol. The fourth-order valence-corrected chi connectivity index (χ4v) is 5.73. The number of aryl methyl sites for hydroxylation is 2. The molecule has 1 fully saturated rings. The van der Waals surface area contributed by atoms with E-state index >= 15 is 0 Å². The molecular formula is C33H34N8O3S. The number of nitrogens with zero attached hydrogens (tertiary/aromatic N) is 6. The highest BCUT2D eigenvalue weighted by Crippen LogP contribution is 2.34. The summed E-state index contributed by atoms with van der Waals surface area (Å²) in [6.45, 7) is 11.1. The minimum atomic E-state index is -0.450. The van der Waals surface area contributed by atoms with Gasteiger partial charge in [0.2, 0.25) is 5.91 Å². The van der Waals surface area contributed by atoms with E-state index in [-0.39, 0.29) is 17.3 Å². The third-order valence-electron chi connectivity index (χ3n) is 7.49. The van der Waals surface area contributed by atoms with Crippen molar-refractivity contribution >= 4 is 39.9 Å². The first kappa shape index (κ1) is 29.9. The Kier molecular flexibility index (Phi) is 8.07. The number of carbonyl (C=O) groups is 2. The van der Waals surface area contributed by atoms with Gasteiger partial charge in [-0.25, -0.2) is 24.4 Å². The van der Waals surface area contributed by atoms with Crippen molar-refractivity contribution in [3.05, 3.63) is 83.9 Å². The van der Waals surface area contributed by atoms with Crippen LogP contribution in [0.1, 0.15) is 50.4 Å². The minimum absolute atomic E-state index is 0.122. The number of amides is 3. The van der Waals surface area contributed by atoms with E-state index in [0.717, 1.165) is 45.5 Å². The van der Waals surface area contributed by atoms with Crippen molar-refractivity contribution in [2.24, 2.45) is 0 Å². The Hall–Kier alpha value is -5.10. The van der Waals surface area contributed by atoms with E-state index in [2.05, 4.69) is 53.3 Å². The zero-order valence-electron chi connectivity index (χ0n) is 25.8. The van der Waals surface area contributed by atoms with Crippen molar-refractivity contribution in [1.29, 1.82) is 0 Å². The Balaban J connectivity index is 1.09. The summed E-state index contributed by atoms with van der Waals surface area (Å²) >= 11 is 1.49. The molecule has 4 heterocycles. The molecule has 0 spiro atoms. The average molecular weight is 623 g/mol. The molecule has 45 heavy (non-hydrogen) atoms. The molecule has 12 heteroatoms. The molecule has 0 bridgehead atoms. The number of carbonyl (C=O) groups excluding carboxylic acids is 2. The Labute approximate surface area is 265 Å². The Morgan fingerprint density at radius 2 is 1.69 bits per heavy atom. The summed E-state index contributed by atoms with van der Waals surface area (Å²) in [5, 5.41) is 11.2. The van der Waals surface area contributed by atoms with E-state index in [9.17, 15) is 9.59 Å². The van der Waals surface area contributed by atoms with Crippen LogP contribution < -0.4 is 20.3 Å². The van der Waals surface area contributed by atoms with Crippen LogP contribution >= 0.6 is 11.3 Å². The van der Waals surface area contributed by atoms with Crippen LogP contribution in [0.4, 0.5) is 21.4 Å². The van der Waals surface area contributed by atoms with E-state index in [1.165, 1.54) is 29.3 Å². The molecule has 0 atom stereocenters. The number of thiazole rings is 1. The second kappa shape index (κ2) is 12.1. The molecule has 230 valence electrons. The molecule has 1 aliphatic heterocycles. The highest BCUT2D eigenvalue weighted by Gasteiger charge is 2.25. The first-order valence-corrected chi connectivity index (χ1v) is 15.5. The van der Waals surface area contributed by atoms with Crippen LogP contribution in [0.5, 0.6) is 11.8 Å². The summed E-state index contributed by atoms with van der Waals surface area (Å²) in [7, 11) is 0. The molecule has 3 aromatic heterocycles. The maximum Gasteiger partial charge on any atom is 0.324 e. The van der Waals surface area contributed by atoms with Gasteiger partial charge in [0.1, 0.15) is 11.6 Å². The van der Waals surface area contributed by atoms with Gasteiger partial charge in [0.05, 0.1) is 34.3 Å². The predicted octanol–water partition coefficient (Wildman–Crippen LogP) is 7.26. The lowest BCUT2D eigenvalue weighted by molar-refractivity contribution is -0.117. The molecule has 0 radical (unpaired) electrons. The van der Waals surface area contributed by atoms with Crippen molar-refractivity contribution in [2.75, 3.05) is 22.1 Å². The second-order valence-corrected chi connectivity index (χ2v) is 13.0. The number of hydrogen-bond donors (Lipinski definition) is 2. The van der Waals surface area contributed by atoms with Crippen LogP contribution in [0.25, 0.3) is 16.1 Å². The van der Waals surface area contributed by atoms with E-state index in [1.54, 1.807) is 15.8 Å². The summed E-state index contributed by atoms with van der Waals surface area (Å²) in [6.07, 6.45) is 6.19. The van der Waals surface area contributed by atoms with Gasteiger partial charge in [-0.2, -0.15) is 5.10 Å². The van der Waals surface area contributed by atoms with Gasteiger partial charge < -0.3 is 10.1 Å². The van der Waals surface area contributed by atoms with E-state index in [0.29, 0.717) is 23.7 Å². The van der Waals surface area contributed by atoms with Gasteiger partial charge in [-0.05, 0) is 73.4 Å². The Bertz CT molecular complexity index is 1860. The zero-order chi connectivity index (χ0) is 31.7. The minimum Gasteiger partial charge on any atom is -0.424 e. The molecule has 5 aromatic rings. The van der Waals surface area contributed by atoms with Gasteiger partial charge in [0, 0.05) is 30.6 Å². The third kappa shape index (κ3) is 6.70. The van der Waals surface area contributed by atoms with Crippen LogP contribution in [0.3, 0.4) is 0 Å². The lowest BCUT2D eigenvalue weighted by Gasteiger charge is -2.14. The summed E-state index contributed by atoms with van der Waals surface area (Å²) in [5.74, 6) is 1.23. The molecule has 1 aliphatic rings. The van der Waals surface area contributed by atoms with Gasteiger partial charge in [0.15, 0.2) is 5.13 Å². The smallest absolute Gasteiger partial charge is 0.324 e. The van der Waals surface area contributed by atoms with Gasteiger partial charge >= 0.3 is 12.0 Å². The molecule has 1 saturated heterocycles. The molecule has 0 saturated carbocycles. The highest BCUT2D eigenvalue weighted by atomic mass is 32.1. The lowest BCUT2D eigenvalue weighted by atomic mass is 9.92. The van der Waals surface area contributed by atoms with Crippen molar-refractivity contribution in [3.63, 3.8) is 0 Å². The molecular weight excluding hydrogens is 588 g/mol. The number of benzene rings is 2. The quantitative estimate of drug-likeness (QED) is 0.196. The SMILES string of the molecule is Cc1ccc(-n2nc(C(C)(C)C)cc2NC(=O)Nc2cnc(Oc3ccc(-c4cnc(N5CCCC5=O)s4)cc3)nc2)cc1C. The van der Waals surface area contributed by atoms with Crippen molar-refractivity contribution in [3.8, 4) is 27.9 Å². The van der Waals surface area contributed by atoms with Crippen LogP contribution in [0.15, 0.2) is 67.1 Å². The highest BCUT2D eigenvalue weighted by molar-refractivity contribution is 7.19. The summed E-state index contributed by atoms with van der Waals surface area (Å²) in [6, 6.07) is 15.1. The van der Waals surface area contributed by atoms with Crippen molar-refractivity contribution in [2.45, 2.75) is 52.9 Å². The van der Waals surface area contributed by atoms with Crippen molar-refractivity contribution in [1.82, 2.24) is 24.7 Å². The van der Waals surface area contributed by atoms with Crippen LogP contribution in [0.2, 0.25) is 0 Å². The van der Waals surface area contributed by atoms with Gasteiger partial charge in [-0.3, -0.25) is 15.0 Å². The number of ether oxygens (including phenoxy) is 1. The van der Waals surface area contributed by atoms with Gasteiger partial charge in [0.25, 0.3) is 0 Å². The van der Waals surface area contributed by atoms with E-state index in [1.807, 2.05) is 55.5 Å². The van der Waals surface area contributed by atoms with E-state index in [4.69, 9.17) is 9.84 Å². The first-order chi connectivity index (χ1) is 21.5. The molecule has 0 aliphatic carbocycles. The predicted molar refractivity (Wildman–Crippen MR) is 176 cm³/mol. The van der Waals surface area contributed by atoms with Crippen LogP contribution in [-0.2, 0) is 10.2 Å². The molecule has 3 amide bonds. The summed E-state index contributed by atoms with van der Waals surface area (Å²) in [4.78, 5) is 40.7. The molecule has 6 rings (SSSR count). The molecule has 0 unspecified atom stereocenters. The zero-order valence-corrected chi connectivity index (χ0v) is 26.6. The van der Waals surface area contributed by atoms with Crippen LogP contribution in [-0.4, -0.2) is 43.2 Å². The number of rotatable bonds is 7. The second-order valence-electron chi connectivity index (χ2n) is 12.0. The summed E-state index contributed by atoms with van der Waals surface area (Å²) in [5.41, 5.74) is 5.19. The Morgan fingerprint density at radius 3 is 2.36 bits per heavy atom. The maximum absolute atomic E-state index is 13.0. The fraction of sp³-hybridized carbons (Fsp3) is 0.273. The molecule has 2 aromatic carbocycles. The molecule has 11 nitrogen and oxygen atoms in total. The summed E-state index contributed by atoms with van der Waals surface area (Å²) < 4.78 is 7.56. The van der Waals surface area contributed by atoms with E-state index < -0.39 is 6.03 Å². The van der Waals surface area contributed by atoms with Gasteiger partial charge in [-0.1, -0.05) is 38.2 Å². The largest absolute Gasteiger partial charge is 0.424 e. The third-order valence-corrected chi connectivity index (χ3v) is 8.56. The molecule has 2 N–H and O–H groups in total. The van der Waals surface area contributed by atoms with Crippen LogP contribution in [0, 0.1) is 13.8 Å². The first-order valence-electron chi connectivity index (χ1n) is 14.7. The van der Waals surface area contributed by atoms with Crippen molar-refractivity contribution < 1.29 is 14.3 Å². The Morgan fingerprint density at radius 1 is 0.933 bits per heavy atom. The number of urea groups is 1. The average Bonchev–Trinajstić information content (AvgIpc) is 3.76. The number of nitrogens with one attached hydrogen (secondary N) is 2. The number of aromatic nitrogens is 5. The number of hydrogen-bond acceptors (Lipinski definition) is 8.